The van der Waals surface area contributed by atoms with Gasteiger partial charge in [-0.3, -0.25) is 4.79 Å². The summed E-state index contributed by atoms with van der Waals surface area (Å²) in [5.41, 5.74) is 5.50. The summed E-state index contributed by atoms with van der Waals surface area (Å²) < 4.78 is 3.90. The van der Waals surface area contributed by atoms with E-state index in [4.69, 9.17) is 4.98 Å². The van der Waals surface area contributed by atoms with Crippen molar-refractivity contribution in [2.75, 3.05) is 5.32 Å². The van der Waals surface area contributed by atoms with E-state index >= 15 is 0 Å². The number of rotatable bonds is 3. The van der Waals surface area contributed by atoms with Gasteiger partial charge in [0.05, 0.1) is 33.8 Å². The number of halogens is 2. The zero-order valence-electron chi connectivity index (χ0n) is 15.6. The van der Waals surface area contributed by atoms with Crippen molar-refractivity contribution < 1.29 is 0 Å². The van der Waals surface area contributed by atoms with Gasteiger partial charge in [0.2, 0.25) is 5.43 Å². The lowest BCUT2D eigenvalue weighted by Gasteiger charge is -2.19. The van der Waals surface area contributed by atoms with Gasteiger partial charge in [0, 0.05) is 20.7 Å². The molecule has 0 aromatic heterocycles. The summed E-state index contributed by atoms with van der Waals surface area (Å²) in [5.74, 6) is 0. The zero-order chi connectivity index (χ0) is 20.7. The first-order chi connectivity index (χ1) is 14.6. The molecule has 6 heteroatoms. The summed E-state index contributed by atoms with van der Waals surface area (Å²) in [6.07, 6.45) is 0. The molecule has 0 saturated carbocycles. The van der Waals surface area contributed by atoms with Crippen molar-refractivity contribution in [1.29, 1.82) is 0 Å². The summed E-state index contributed by atoms with van der Waals surface area (Å²) in [6.45, 7) is 0. The van der Waals surface area contributed by atoms with Crippen molar-refractivity contribution in [1.82, 2.24) is 9.55 Å². The van der Waals surface area contributed by atoms with Crippen molar-refractivity contribution in [3.8, 4) is 17.1 Å². The number of anilines is 2. The van der Waals surface area contributed by atoms with E-state index in [0.29, 0.717) is 5.69 Å². The van der Waals surface area contributed by atoms with Crippen LogP contribution in [-0.2, 0) is 0 Å². The molecule has 0 fully saturated rings. The Morgan fingerprint density at radius 2 is 1.57 bits per heavy atom. The average Bonchev–Trinajstić information content (AvgIpc) is 2.75. The van der Waals surface area contributed by atoms with Crippen LogP contribution in [0.25, 0.3) is 28.1 Å². The van der Waals surface area contributed by atoms with Gasteiger partial charge in [-0.15, -0.1) is 0 Å². The van der Waals surface area contributed by atoms with Crippen LogP contribution in [-0.4, -0.2) is 9.55 Å². The maximum Gasteiger partial charge on any atom is 0.204 e. The van der Waals surface area contributed by atoms with Gasteiger partial charge in [0.15, 0.2) is 0 Å². The molecule has 0 amide bonds. The molecule has 1 aliphatic carbocycles. The third-order valence-corrected chi connectivity index (χ3v) is 6.05. The quantitative estimate of drug-likeness (QED) is 0.267. The van der Waals surface area contributed by atoms with Crippen LogP contribution in [0.1, 0.15) is 0 Å². The molecule has 0 radical (unpaired) electrons. The van der Waals surface area contributed by atoms with E-state index in [-0.39, 0.29) is 5.43 Å². The first-order valence-corrected chi connectivity index (χ1v) is 10.9. The lowest BCUT2D eigenvalue weighted by molar-refractivity contribution is 1.08. The molecule has 3 aromatic carbocycles. The lowest BCUT2D eigenvalue weighted by Crippen LogP contribution is -2.13. The predicted molar refractivity (Wildman–Crippen MR) is 129 cm³/mol. The van der Waals surface area contributed by atoms with E-state index in [1.54, 1.807) is 6.07 Å². The highest BCUT2D eigenvalue weighted by atomic mass is 79.9. The van der Waals surface area contributed by atoms with Crippen LogP contribution in [0.2, 0.25) is 0 Å². The number of para-hydroxylation sites is 3. The minimum absolute atomic E-state index is 0.0981. The molecule has 2 aliphatic rings. The molecule has 146 valence electrons. The molecule has 30 heavy (non-hydrogen) atoms. The average molecular weight is 521 g/mol. The van der Waals surface area contributed by atoms with E-state index in [0.717, 1.165) is 42.7 Å². The number of hydrogen-bond donors (Lipinski definition) is 1. The predicted octanol–water partition coefficient (Wildman–Crippen LogP) is 6.76. The second kappa shape index (κ2) is 7.70. The van der Waals surface area contributed by atoms with E-state index in [1.165, 1.54) is 0 Å². The normalized spacial score (nSPS) is 11.1. The highest BCUT2D eigenvalue weighted by Gasteiger charge is 2.17. The molecule has 0 atom stereocenters. The highest BCUT2D eigenvalue weighted by molar-refractivity contribution is 9.11. The number of aromatic nitrogens is 2. The Labute approximate surface area is 189 Å². The minimum atomic E-state index is -0.0981. The van der Waals surface area contributed by atoms with Gasteiger partial charge in [-0.1, -0.05) is 46.3 Å². The van der Waals surface area contributed by atoms with Gasteiger partial charge < -0.3 is 9.88 Å². The second-order valence-corrected chi connectivity index (χ2v) is 8.63. The molecule has 1 N–H and O–H groups in total. The molecular weight excluding hydrogens is 506 g/mol. The van der Waals surface area contributed by atoms with Gasteiger partial charge in [-0.2, -0.15) is 0 Å². The molecule has 0 saturated heterocycles. The van der Waals surface area contributed by atoms with Gasteiger partial charge in [0.1, 0.15) is 0 Å². The SMILES string of the molecule is O=c1cc2n(-c3ccccc3)c3ccccc3nc-2cc1Nc1ccc(Br)cc1Br. The fourth-order valence-electron chi connectivity index (χ4n) is 3.52. The fraction of sp³-hybridized carbons (Fsp3) is 0. The van der Waals surface area contributed by atoms with Crippen molar-refractivity contribution >= 4 is 54.3 Å². The number of nitrogens with one attached hydrogen (secondary N) is 1. The topological polar surface area (TPSA) is 46.9 Å². The zero-order valence-corrected chi connectivity index (χ0v) is 18.8. The van der Waals surface area contributed by atoms with E-state index in [2.05, 4.69) is 41.7 Å². The Balaban J connectivity index is 1.75. The summed E-state index contributed by atoms with van der Waals surface area (Å²) in [4.78, 5) is 17.8. The smallest absolute Gasteiger partial charge is 0.204 e. The van der Waals surface area contributed by atoms with E-state index in [9.17, 15) is 4.79 Å². The van der Waals surface area contributed by atoms with Crippen molar-refractivity contribution in [3.63, 3.8) is 0 Å². The molecule has 0 spiro atoms. The van der Waals surface area contributed by atoms with Gasteiger partial charge in [-0.05, 0) is 64.5 Å². The standard InChI is InChI=1S/C24H15Br2N3O/c25-15-10-11-18(17(26)12-15)27-21-13-20-23(14-24(21)30)29(16-6-2-1-3-7-16)22-9-5-4-8-19(22)28-20/h1-14,27H. The first kappa shape index (κ1) is 19.0. The fourth-order valence-corrected chi connectivity index (χ4v) is 4.67. The third-order valence-electron chi connectivity index (χ3n) is 4.90. The van der Waals surface area contributed by atoms with Gasteiger partial charge in [-0.25, -0.2) is 4.98 Å². The molecule has 1 heterocycles. The molecule has 3 aromatic rings. The van der Waals surface area contributed by atoms with Crippen LogP contribution in [0.3, 0.4) is 0 Å². The number of nitrogens with zero attached hydrogens (tertiary/aromatic N) is 2. The number of benzene rings is 4. The van der Waals surface area contributed by atoms with Crippen LogP contribution in [0, 0.1) is 0 Å². The number of fused-ring (bicyclic) bond motifs is 2. The maximum absolute atomic E-state index is 13.0. The molecule has 5 rings (SSSR count). The molecular formula is C24H15Br2N3O. The van der Waals surface area contributed by atoms with Crippen LogP contribution >= 0.6 is 31.9 Å². The Kier molecular flexibility index (Phi) is 4.89. The summed E-state index contributed by atoms with van der Waals surface area (Å²) in [7, 11) is 0. The Hall–Kier alpha value is -2.96. The van der Waals surface area contributed by atoms with E-state index < -0.39 is 0 Å². The highest BCUT2D eigenvalue weighted by Crippen LogP contribution is 2.32. The maximum atomic E-state index is 13.0. The summed E-state index contributed by atoms with van der Waals surface area (Å²) in [6, 6.07) is 27.2. The summed E-state index contributed by atoms with van der Waals surface area (Å²) in [5, 5.41) is 3.24. The molecule has 1 aliphatic heterocycles. The molecule has 4 nitrogen and oxygen atoms in total. The minimum Gasteiger partial charge on any atom is -0.351 e. The lowest BCUT2D eigenvalue weighted by atomic mass is 10.1. The van der Waals surface area contributed by atoms with Crippen molar-refractivity contribution in [3.05, 3.63) is 104 Å². The van der Waals surface area contributed by atoms with Crippen LogP contribution in [0.4, 0.5) is 11.4 Å². The number of hydrogen-bond acceptors (Lipinski definition) is 3. The first-order valence-electron chi connectivity index (χ1n) is 9.33. The van der Waals surface area contributed by atoms with E-state index in [1.807, 2.05) is 78.9 Å². The second-order valence-electron chi connectivity index (χ2n) is 6.86. The van der Waals surface area contributed by atoms with Crippen molar-refractivity contribution in [2.24, 2.45) is 0 Å². The molecule has 0 bridgehead atoms. The van der Waals surface area contributed by atoms with Crippen LogP contribution < -0.4 is 10.7 Å². The van der Waals surface area contributed by atoms with Gasteiger partial charge in [0.25, 0.3) is 0 Å². The Bertz CT molecular complexity index is 1410. The Morgan fingerprint density at radius 3 is 2.37 bits per heavy atom. The summed E-state index contributed by atoms with van der Waals surface area (Å²) >= 11 is 6.99. The van der Waals surface area contributed by atoms with Crippen molar-refractivity contribution in [2.45, 2.75) is 0 Å². The Morgan fingerprint density at radius 1 is 0.800 bits per heavy atom. The van der Waals surface area contributed by atoms with Gasteiger partial charge >= 0.3 is 0 Å². The molecule has 0 unspecified atom stereocenters. The van der Waals surface area contributed by atoms with Crippen LogP contribution in [0.5, 0.6) is 0 Å². The largest absolute Gasteiger partial charge is 0.351 e. The third kappa shape index (κ3) is 3.42. The monoisotopic (exact) mass is 519 g/mol. The van der Waals surface area contributed by atoms with Crippen LogP contribution in [0.15, 0.2) is 98.7 Å².